The Morgan fingerprint density at radius 3 is 2.94 bits per heavy atom. The molecule has 2 heteroatoms. The highest BCUT2D eigenvalue weighted by atomic mass is 14.9. The quantitative estimate of drug-likeness (QED) is 0.839. The highest BCUT2D eigenvalue weighted by molar-refractivity contribution is 5.25. The summed E-state index contributed by atoms with van der Waals surface area (Å²) < 4.78 is 0. The van der Waals surface area contributed by atoms with Crippen LogP contribution >= 0.6 is 0 Å². The van der Waals surface area contributed by atoms with Crippen LogP contribution in [0.15, 0.2) is 24.3 Å². The first kappa shape index (κ1) is 11.2. The second-order valence-electron chi connectivity index (χ2n) is 4.58. The van der Waals surface area contributed by atoms with Gasteiger partial charge in [0.25, 0.3) is 0 Å². The smallest absolute Gasteiger partial charge is 0.0672 e. The Bertz CT molecular complexity index is 392. The Morgan fingerprint density at radius 1 is 1.38 bits per heavy atom. The molecule has 84 valence electrons. The van der Waals surface area contributed by atoms with Crippen LogP contribution in [0.5, 0.6) is 0 Å². The third kappa shape index (κ3) is 2.43. The zero-order chi connectivity index (χ0) is 11.4. The molecule has 1 saturated carbocycles. The summed E-state index contributed by atoms with van der Waals surface area (Å²) in [6.07, 6.45) is 3.38. The molecule has 2 unspecified atom stereocenters. The molecule has 0 radical (unpaired) electrons. The maximum Gasteiger partial charge on any atom is 0.0672 e. The molecule has 1 aliphatic carbocycles. The summed E-state index contributed by atoms with van der Waals surface area (Å²) in [4.78, 5) is 0. The molecule has 0 heterocycles. The molecule has 2 nitrogen and oxygen atoms in total. The fourth-order valence-electron chi connectivity index (χ4n) is 2.41. The van der Waals surface area contributed by atoms with E-state index in [-0.39, 0.29) is 5.92 Å². The van der Waals surface area contributed by atoms with Gasteiger partial charge < -0.3 is 5.32 Å². The summed E-state index contributed by atoms with van der Waals surface area (Å²) in [5, 5.41) is 12.5. The third-order valence-electron chi connectivity index (χ3n) is 3.50. The monoisotopic (exact) mass is 214 g/mol. The molecule has 1 fully saturated rings. The molecule has 0 saturated heterocycles. The van der Waals surface area contributed by atoms with Crippen LogP contribution in [0.25, 0.3) is 0 Å². The lowest BCUT2D eigenvalue weighted by Crippen LogP contribution is -2.31. The number of rotatable bonds is 3. The predicted molar refractivity (Wildman–Crippen MR) is 64.8 cm³/mol. The average Bonchev–Trinajstić information content (AvgIpc) is 2.75. The molecule has 0 aliphatic heterocycles. The number of nitrogens with one attached hydrogen (secondary N) is 1. The summed E-state index contributed by atoms with van der Waals surface area (Å²) in [7, 11) is 0. The number of aryl methyl sites for hydroxylation is 1. The van der Waals surface area contributed by atoms with Gasteiger partial charge in [-0.1, -0.05) is 30.7 Å². The average molecular weight is 214 g/mol. The normalized spacial score (nSPS) is 24.2. The van der Waals surface area contributed by atoms with E-state index in [1.165, 1.54) is 17.5 Å². The van der Waals surface area contributed by atoms with Gasteiger partial charge in [0.05, 0.1) is 12.0 Å². The van der Waals surface area contributed by atoms with E-state index >= 15 is 0 Å². The molecule has 1 aromatic carbocycles. The number of hydrogen-bond acceptors (Lipinski definition) is 2. The van der Waals surface area contributed by atoms with Crippen molar-refractivity contribution < 1.29 is 0 Å². The second kappa shape index (κ2) is 5.14. The van der Waals surface area contributed by atoms with Crippen molar-refractivity contribution >= 4 is 0 Å². The Labute approximate surface area is 97.3 Å². The fraction of sp³-hybridized carbons (Fsp3) is 0.500. The summed E-state index contributed by atoms with van der Waals surface area (Å²) in [5.74, 6) is 0.212. The van der Waals surface area contributed by atoms with Crippen molar-refractivity contribution in [2.75, 3.05) is 0 Å². The molecule has 0 amide bonds. The standard InChI is InChI=1S/C14H18N2/c1-11-5-2-3-6-13(11)10-16-14-8-4-7-12(14)9-15/h2-3,5-6,12,14,16H,4,7-8,10H2,1H3. The zero-order valence-corrected chi connectivity index (χ0v) is 9.74. The molecule has 1 N–H and O–H groups in total. The van der Waals surface area contributed by atoms with Gasteiger partial charge >= 0.3 is 0 Å². The lowest BCUT2D eigenvalue weighted by atomic mass is 10.0. The van der Waals surface area contributed by atoms with E-state index in [0.717, 1.165) is 19.4 Å². The maximum atomic E-state index is 9.00. The highest BCUT2D eigenvalue weighted by Gasteiger charge is 2.26. The van der Waals surface area contributed by atoms with E-state index in [1.54, 1.807) is 0 Å². The van der Waals surface area contributed by atoms with Gasteiger partial charge in [-0.25, -0.2) is 0 Å². The summed E-state index contributed by atoms with van der Waals surface area (Å²) in [6, 6.07) is 11.2. The van der Waals surface area contributed by atoms with Gasteiger partial charge in [0.15, 0.2) is 0 Å². The number of nitrogens with zero attached hydrogens (tertiary/aromatic N) is 1. The van der Waals surface area contributed by atoms with Crippen LogP contribution in [-0.4, -0.2) is 6.04 Å². The van der Waals surface area contributed by atoms with Gasteiger partial charge in [-0.3, -0.25) is 0 Å². The third-order valence-corrected chi connectivity index (χ3v) is 3.50. The highest BCUT2D eigenvalue weighted by Crippen LogP contribution is 2.25. The minimum absolute atomic E-state index is 0.212. The van der Waals surface area contributed by atoms with Gasteiger partial charge in [0.2, 0.25) is 0 Å². The Hall–Kier alpha value is -1.33. The van der Waals surface area contributed by atoms with E-state index in [4.69, 9.17) is 5.26 Å². The summed E-state index contributed by atoms with van der Waals surface area (Å²) in [5.41, 5.74) is 2.66. The first-order valence-corrected chi connectivity index (χ1v) is 5.99. The second-order valence-corrected chi connectivity index (χ2v) is 4.58. The lowest BCUT2D eigenvalue weighted by molar-refractivity contribution is 0.464. The Kier molecular flexibility index (Phi) is 3.58. The van der Waals surface area contributed by atoms with Gasteiger partial charge in [-0.15, -0.1) is 0 Å². The van der Waals surface area contributed by atoms with Crippen LogP contribution in [0.4, 0.5) is 0 Å². The Morgan fingerprint density at radius 2 is 2.19 bits per heavy atom. The van der Waals surface area contributed by atoms with Crippen LogP contribution < -0.4 is 5.32 Å². The van der Waals surface area contributed by atoms with Gasteiger partial charge in [-0.2, -0.15) is 5.26 Å². The van der Waals surface area contributed by atoms with Crippen molar-refractivity contribution in [2.45, 2.75) is 38.8 Å². The van der Waals surface area contributed by atoms with E-state index in [9.17, 15) is 0 Å². The molecule has 1 aromatic rings. The van der Waals surface area contributed by atoms with Crippen LogP contribution in [-0.2, 0) is 6.54 Å². The first-order valence-electron chi connectivity index (χ1n) is 5.99. The summed E-state index contributed by atoms with van der Waals surface area (Å²) >= 11 is 0. The summed E-state index contributed by atoms with van der Waals surface area (Å²) in [6.45, 7) is 3.02. The molecule has 2 rings (SSSR count). The van der Waals surface area contributed by atoms with E-state index in [2.05, 4.69) is 42.6 Å². The predicted octanol–water partition coefficient (Wildman–Crippen LogP) is 2.78. The first-order chi connectivity index (χ1) is 7.81. The fourth-order valence-corrected chi connectivity index (χ4v) is 2.41. The van der Waals surface area contributed by atoms with Gasteiger partial charge in [0, 0.05) is 12.6 Å². The molecule has 0 spiro atoms. The number of benzene rings is 1. The molecule has 0 bridgehead atoms. The van der Waals surface area contributed by atoms with Crippen LogP contribution in [0.3, 0.4) is 0 Å². The van der Waals surface area contributed by atoms with Gasteiger partial charge in [-0.05, 0) is 30.9 Å². The number of hydrogen-bond donors (Lipinski definition) is 1. The largest absolute Gasteiger partial charge is 0.309 e. The maximum absolute atomic E-state index is 9.00. The van der Waals surface area contributed by atoms with Crippen molar-refractivity contribution in [1.82, 2.24) is 5.32 Å². The van der Waals surface area contributed by atoms with Crippen molar-refractivity contribution in [1.29, 1.82) is 5.26 Å². The number of nitriles is 1. The molecular formula is C14H18N2. The van der Waals surface area contributed by atoms with Crippen molar-refractivity contribution in [3.8, 4) is 6.07 Å². The molecule has 0 aromatic heterocycles. The van der Waals surface area contributed by atoms with Crippen molar-refractivity contribution in [3.63, 3.8) is 0 Å². The molecule has 2 atom stereocenters. The zero-order valence-electron chi connectivity index (χ0n) is 9.74. The SMILES string of the molecule is Cc1ccccc1CNC1CCCC1C#N. The van der Waals surface area contributed by atoms with Crippen molar-refractivity contribution in [3.05, 3.63) is 35.4 Å². The Balaban J connectivity index is 1.93. The topological polar surface area (TPSA) is 35.8 Å². The van der Waals surface area contributed by atoms with Crippen LogP contribution in [0, 0.1) is 24.2 Å². The van der Waals surface area contributed by atoms with Crippen molar-refractivity contribution in [2.24, 2.45) is 5.92 Å². The van der Waals surface area contributed by atoms with Crippen LogP contribution in [0.1, 0.15) is 30.4 Å². The van der Waals surface area contributed by atoms with Gasteiger partial charge in [0.1, 0.15) is 0 Å². The minimum Gasteiger partial charge on any atom is -0.309 e. The minimum atomic E-state index is 0.212. The van der Waals surface area contributed by atoms with E-state index in [0.29, 0.717) is 6.04 Å². The molecular weight excluding hydrogens is 196 g/mol. The van der Waals surface area contributed by atoms with Crippen LogP contribution in [0.2, 0.25) is 0 Å². The molecule has 1 aliphatic rings. The lowest BCUT2D eigenvalue weighted by Gasteiger charge is -2.16. The van der Waals surface area contributed by atoms with E-state index in [1.807, 2.05) is 0 Å². The molecule has 16 heavy (non-hydrogen) atoms. The van der Waals surface area contributed by atoms with E-state index < -0.39 is 0 Å².